The monoisotopic (exact) mass is 676 g/mol. The third-order valence-corrected chi connectivity index (χ3v) is 7.49. The van der Waals surface area contributed by atoms with Crippen molar-refractivity contribution in [3.05, 3.63) is 116 Å². The molecule has 0 unspecified atom stereocenters. The van der Waals surface area contributed by atoms with E-state index in [1.54, 1.807) is 6.20 Å². The molecule has 4 aromatic carbocycles. The standard InChI is InChI=1S/C21H17N2S.C11H8N.Ir/c1-2-3-13-22-14-23-18-12-11-15-7-4-5-8-16(15)21(18)24-19-10-6-9-17(22)20(19)23;1-2-6-10(7-3-1)11-8-4-5-9-12-11;/h4-11H,2-3,13H2,1H3;1-6,8-9H;/q2*-1;+3. The van der Waals surface area contributed by atoms with Gasteiger partial charge in [-0.05, 0) is 28.8 Å². The van der Waals surface area contributed by atoms with Gasteiger partial charge in [-0.2, -0.15) is 23.9 Å². The Morgan fingerprint density at radius 1 is 0.919 bits per heavy atom. The van der Waals surface area contributed by atoms with E-state index < -0.39 is 0 Å². The molecule has 0 saturated carbocycles. The van der Waals surface area contributed by atoms with Crippen LogP contribution in [0.4, 0.5) is 0 Å². The fraction of sp³-hybridized carbons (Fsp3) is 0.125. The van der Waals surface area contributed by atoms with Crippen LogP contribution in [0.3, 0.4) is 0 Å². The summed E-state index contributed by atoms with van der Waals surface area (Å²) in [6.45, 7) is 3.24. The molecule has 0 atom stereocenters. The van der Waals surface area contributed by atoms with Crippen molar-refractivity contribution in [1.29, 1.82) is 0 Å². The number of benzene rings is 4. The van der Waals surface area contributed by atoms with Gasteiger partial charge in [0, 0.05) is 6.20 Å². The minimum atomic E-state index is 0. The van der Waals surface area contributed by atoms with E-state index in [9.17, 15) is 0 Å². The Bertz CT molecular complexity index is 1610. The first kappa shape index (κ1) is 25.4. The van der Waals surface area contributed by atoms with Crippen molar-refractivity contribution in [3.8, 4) is 16.9 Å². The molecular weight excluding hydrogens is 651 g/mol. The summed E-state index contributed by atoms with van der Waals surface area (Å²) in [5.41, 5.74) is 5.66. The van der Waals surface area contributed by atoms with Gasteiger partial charge < -0.3 is 14.1 Å². The Morgan fingerprint density at radius 3 is 2.59 bits per heavy atom. The first-order valence-electron chi connectivity index (χ1n) is 12.3. The number of imidazole rings is 1. The van der Waals surface area contributed by atoms with Gasteiger partial charge in [0.25, 0.3) is 0 Å². The molecule has 182 valence electrons. The summed E-state index contributed by atoms with van der Waals surface area (Å²) >= 11 is 1.86. The number of fused-ring (bicyclic) bond motifs is 4. The summed E-state index contributed by atoms with van der Waals surface area (Å²) in [7, 11) is 0. The van der Waals surface area contributed by atoms with Crippen molar-refractivity contribution in [2.45, 2.75) is 36.1 Å². The van der Waals surface area contributed by atoms with Crippen LogP contribution in [0.2, 0.25) is 0 Å². The van der Waals surface area contributed by atoms with Crippen molar-refractivity contribution in [3.63, 3.8) is 0 Å². The average Bonchev–Trinajstić information content (AvgIpc) is 3.33. The smallest absolute Gasteiger partial charge is 0.340 e. The minimum Gasteiger partial charge on any atom is -0.340 e. The number of hydrogen-bond acceptors (Lipinski definition) is 2. The second-order valence-corrected chi connectivity index (χ2v) is 9.76. The molecule has 1 aliphatic heterocycles. The van der Waals surface area contributed by atoms with Gasteiger partial charge in [-0.25, -0.2) is 0 Å². The maximum atomic E-state index is 4.22. The molecule has 0 fully saturated rings. The number of aryl methyl sites for hydroxylation is 1. The fourth-order valence-electron chi connectivity index (χ4n) is 4.53. The molecule has 3 heterocycles. The number of para-hydroxylation sites is 1. The predicted molar refractivity (Wildman–Crippen MR) is 146 cm³/mol. The van der Waals surface area contributed by atoms with Crippen molar-refractivity contribution in [1.82, 2.24) is 9.55 Å². The molecule has 3 nitrogen and oxygen atoms in total. The predicted octanol–water partition coefficient (Wildman–Crippen LogP) is 7.48. The molecule has 0 saturated heterocycles. The van der Waals surface area contributed by atoms with E-state index >= 15 is 0 Å². The Balaban J connectivity index is 0.000000183. The minimum absolute atomic E-state index is 0. The zero-order chi connectivity index (χ0) is 24.3. The summed E-state index contributed by atoms with van der Waals surface area (Å²) in [6, 6.07) is 37.5. The van der Waals surface area contributed by atoms with Gasteiger partial charge in [-0.15, -0.1) is 52.7 Å². The van der Waals surface area contributed by atoms with Crippen LogP contribution < -0.4 is 4.57 Å². The van der Waals surface area contributed by atoms with E-state index in [1.165, 1.54) is 44.4 Å². The van der Waals surface area contributed by atoms with Gasteiger partial charge in [0.15, 0.2) is 0 Å². The van der Waals surface area contributed by atoms with Crippen molar-refractivity contribution >= 4 is 33.6 Å². The molecule has 0 radical (unpaired) electrons. The van der Waals surface area contributed by atoms with Crippen LogP contribution in [-0.4, -0.2) is 9.55 Å². The van der Waals surface area contributed by atoms with E-state index in [4.69, 9.17) is 0 Å². The summed E-state index contributed by atoms with van der Waals surface area (Å²) in [5.74, 6) is 0. The normalized spacial score (nSPS) is 11.4. The molecule has 0 aliphatic carbocycles. The molecule has 0 bridgehead atoms. The SMILES string of the molecule is CCCCn1[c-][n+]2c3c(cccc31)Sc1c-2[c-]cc2ccccc12.[Ir+3].[c-]1ccccc1-c1ccccn1. The van der Waals surface area contributed by atoms with Gasteiger partial charge in [-0.3, -0.25) is 0 Å². The van der Waals surface area contributed by atoms with E-state index in [0.717, 1.165) is 23.5 Å². The summed E-state index contributed by atoms with van der Waals surface area (Å²) in [4.78, 5) is 6.80. The second-order valence-electron chi connectivity index (χ2n) is 8.71. The summed E-state index contributed by atoms with van der Waals surface area (Å²) < 4.78 is 4.47. The van der Waals surface area contributed by atoms with Gasteiger partial charge in [0.05, 0.1) is 17.6 Å². The molecule has 37 heavy (non-hydrogen) atoms. The third kappa shape index (κ3) is 5.00. The van der Waals surface area contributed by atoms with Crippen molar-refractivity contribution in [2.24, 2.45) is 0 Å². The van der Waals surface area contributed by atoms with Crippen LogP contribution in [0, 0.1) is 18.5 Å². The molecule has 0 spiro atoms. The Morgan fingerprint density at radius 2 is 1.78 bits per heavy atom. The zero-order valence-corrected chi connectivity index (χ0v) is 23.7. The van der Waals surface area contributed by atoms with Crippen molar-refractivity contribution in [2.75, 3.05) is 0 Å². The maximum absolute atomic E-state index is 4.22. The van der Waals surface area contributed by atoms with E-state index in [1.807, 2.05) is 54.2 Å². The maximum Gasteiger partial charge on any atom is 3.00 e. The average molecular weight is 676 g/mol. The van der Waals surface area contributed by atoms with Gasteiger partial charge in [0.2, 0.25) is 6.33 Å². The zero-order valence-electron chi connectivity index (χ0n) is 20.4. The quantitative estimate of drug-likeness (QED) is 0.143. The molecular formula is C32H25IrN3S+. The number of unbranched alkanes of at least 4 members (excludes halogenated alkanes) is 1. The van der Waals surface area contributed by atoms with Gasteiger partial charge >= 0.3 is 20.1 Å². The third-order valence-electron chi connectivity index (χ3n) is 6.32. The van der Waals surface area contributed by atoms with Crippen LogP contribution in [0.15, 0.2) is 107 Å². The molecule has 1 aliphatic rings. The fourth-order valence-corrected chi connectivity index (χ4v) is 5.73. The number of aromatic nitrogens is 3. The van der Waals surface area contributed by atoms with Crippen LogP contribution in [0.5, 0.6) is 0 Å². The first-order valence-corrected chi connectivity index (χ1v) is 13.1. The Labute approximate surface area is 235 Å². The Kier molecular flexibility index (Phi) is 7.85. The summed E-state index contributed by atoms with van der Waals surface area (Å²) in [5, 5.41) is 2.53. The molecule has 6 aromatic rings. The van der Waals surface area contributed by atoms with Crippen LogP contribution in [0.25, 0.3) is 38.8 Å². The molecule has 7 rings (SSSR count). The number of nitrogens with zero attached hydrogens (tertiary/aromatic N) is 3. The second kappa shape index (κ2) is 11.4. The van der Waals surface area contributed by atoms with E-state index in [0.29, 0.717) is 0 Å². The Hall–Kier alpha value is -3.24. The molecule has 2 aromatic heterocycles. The largest absolute Gasteiger partial charge is 3.00 e. The van der Waals surface area contributed by atoms with Gasteiger partial charge in [-0.1, -0.05) is 66.8 Å². The summed E-state index contributed by atoms with van der Waals surface area (Å²) in [6.07, 6.45) is 7.73. The van der Waals surface area contributed by atoms with Crippen LogP contribution in [-0.2, 0) is 26.7 Å². The number of rotatable bonds is 4. The van der Waals surface area contributed by atoms with Crippen LogP contribution >= 0.6 is 11.8 Å². The molecule has 0 N–H and O–H groups in total. The number of pyridine rings is 1. The van der Waals surface area contributed by atoms with Crippen molar-refractivity contribution < 1.29 is 24.7 Å². The molecule has 0 amide bonds. The van der Waals surface area contributed by atoms with E-state index in [2.05, 4.69) is 88.0 Å². The first-order chi connectivity index (χ1) is 17.8. The molecule has 5 heteroatoms. The van der Waals surface area contributed by atoms with Crippen LogP contribution in [0.1, 0.15) is 19.8 Å². The van der Waals surface area contributed by atoms with Gasteiger partial charge in [0.1, 0.15) is 0 Å². The van der Waals surface area contributed by atoms with E-state index in [-0.39, 0.29) is 20.1 Å². The number of hydrogen-bond donors (Lipinski definition) is 0. The topological polar surface area (TPSA) is 21.7 Å².